The van der Waals surface area contributed by atoms with Gasteiger partial charge in [-0.3, -0.25) is 4.90 Å². The van der Waals surface area contributed by atoms with Crippen LogP contribution in [-0.4, -0.2) is 37.7 Å². The SMILES string of the molecule is Br.C=C(C)C(=O)OC(C)N(C)C.CCCCCCCCCCCCCCCCN. The van der Waals surface area contributed by atoms with Gasteiger partial charge in [0.25, 0.3) is 0 Å². The molecule has 0 saturated heterocycles. The minimum atomic E-state index is -0.341. The molecule has 0 aromatic heterocycles. The molecule has 29 heavy (non-hydrogen) atoms. The van der Waals surface area contributed by atoms with Crippen molar-refractivity contribution >= 4 is 23.0 Å². The van der Waals surface area contributed by atoms with Crippen molar-refractivity contribution in [2.24, 2.45) is 5.73 Å². The number of rotatable bonds is 17. The van der Waals surface area contributed by atoms with Crippen molar-refractivity contribution in [2.45, 2.75) is 117 Å². The van der Waals surface area contributed by atoms with Gasteiger partial charge in [-0.05, 0) is 40.9 Å². The maximum absolute atomic E-state index is 10.9. The number of nitrogens with zero attached hydrogens (tertiary/aromatic N) is 1. The molecular formula is C24H51BrN2O2. The fourth-order valence-electron chi connectivity index (χ4n) is 2.70. The van der Waals surface area contributed by atoms with Crippen LogP contribution in [-0.2, 0) is 9.53 Å². The summed E-state index contributed by atoms with van der Waals surface area (Å²) in [5.41, 5.74) is 5.90. The molecule has 0 bridgehead atoms. The third kappa shape index (κ3) is 27.6. The van der Waals surface area contributed by atoms with E-state index in [1.807, 2.05) is 14.1 Å². The Morgan fingerprint density at radius 3 is 1.48 bits per heavy atom. The van der Waals surface area contributed by atoms with Gasteiger partial charge in [0, 0.05) is 5.57 Å². The largest absolute Gasteiger partial charge is 0.443 e. The van der Waals surface area contributed by atoms with Gasteiger partial charge in [0.1, 0.15) is 0 Å². The lowest BCUT2D eigenvalue weighted by Gasteiger charge is -2.19. The van der Waals surface area contributed by atoms with Gasteiger partial charge in [-0.15, -0.1) is 17.0 Å². The smallest absolute Gasteiger partial charge is 0.334 e. The third-order valence-electron chi connectivity index (χ3n) is 4.91. The van der Waals surface area contributed by atoms with Crippen LogP contribution in [0.3, 0.4) is 0 Å². The fraction of sp³-hybridized carbons (Fsp3) is 0.875. The Kier molecular flexibility index (Phi) is 29.4. The van der Waals surface area contributed by atoms with Crippen molar-refractivity contribution in [3.8, 4) is 0 Å². The van der Waals surface area contributed by atoms with E-state index in [2.05, 4.69) is 13.5 Å². The Morgan fingerprint density at radius 1 is 0.862 bits per heavy atom. The quantitative estimate of drug-likeness (QED) is 0.105. The van der Waals surface area contributed by atoms with Gasteiger partial charge in [0.05, 0.1) is 0 Å². The third-order valence-corrected chi connectivity index (χ3v) is 4.91. The van der Waals surface area contributed by atoms with Gasteiger partial charge in [-0.25, -0.2) is 4.79 Å². The molecule has 0 heterocycles. The standard InChI is InChI=1S/C16H35N.C8H15NO2.BrH/c1-2-3-4-5-6-7-8-9-10-11-12-13-14-15-16-17;1-6(2)8(10)11-7(3)9(4)5;/h2-17H2,1H3;7H,1H2,2-5H3;1H. The molecule has 0 saturated carbocycles. The van der Waals surface area contributed by atoms with Gasteiger partial charge >= 0.3 is 5.97 Å². The number of halogens is 1. The molecule has 0 aromatic carbocycles. The Balaban J connectivity index is -0.000000491. The summed E-state index contributed by atoms with van der Waals surface area (Å²) >= 11 is 0. The number of hydrogen-bond acceptors (Lipinski definition) is 4. The molecule has 2 N–H and O–H groups in total. The zero-order chi connectivity index (χ0) is 21.6. The number of unbranched alkanes of at least 4 members (excludes halogenated alkanes) is 13. The second-order valence-corrected chi connectivity index (χ2v) is 8.13. The van der Waals surface area contributed by atoms with E-state index in [0.717, 1.165) is 6.54 Å². The second-order valence-electron chi connectivity index (χ2n) is 8.13. The lowest BCUT2D eigenvalue weighted by atomic mass is 10.0. The van der Waals surface area contributed by atoms with Gasteiger partial charge in [0.2, 0.25) is 0 Å². The highest BCUT2D eigenvalue weighted by Crippen LogP contribution is 2.12. The minimum absolute atomic E-state index is 0. The van der Waals surface area contributed by atoms with E-state index in [0.29, 0.717) is 5.57 Å². The molecule has 0 aliphatic heterocycles. The van der Waals surface area contributed by atoms with E-state index >= 15 is 0 Å². The highest BCUT2D eigenvalue weighted by molar-refractivity contribution is 8.93. The lowest BCUT2D eigenvalue weighted by Crippen LogP contribution is -2.30. The first-order valence-corrected chi connectivity index (χ1v) is 11.6. The molecule has 0 rings (SSSR count). The minimum Gasteiger partial charge on any atom is -0.443 e. The molecule has 176 valence electrons. The fourth-order valence-corrected chi connectivity index (χ4v) is 2.70. The van der Waals surface area contributed by atoms with E-state index in [-0.39, 0.29) is 29.2 Å². The van der Waals surface area contributed by atoms with Gasteiger partial charge in [0.15, 0.2) is 6.23 Å². The van der Waals surface area contributed by atoms with Crippen molar-refractivity contribution in [3.63, 3.8) is 0 Å². The van der Waals surface area contributed by atoms with Crippen molar-refractivity contribution in [2.75, 3.05) is 20.6 Å². The first-order chi connectivity index (χ1) is 13.4. The Bertz CT molecular complexity index is 349. The van der Waals surface area contributed by atoms with Gasteiger partial charge in [-0.2, -0.15) is 0 Å². The van der Waals surface area contributed by atoms with Crippen LogP contribution < -0.4 is 5.73 Å². The highest BCUT2D eigenvalue weighted by Gasteiger charge is 2.10. The molecular weight excluding hydrogens is 428 g/mol. The van der Waals surface area contributed by atoms with Crippen LogP contribution in [0.25, 0.3) is 0 Å². The van der Waals surface area contributed by atoms with Crippen molar-refractivity contribution in [1.29, 1.82) is 0 Å². The lowest BCUT2D eigenvalue weighted by molar-refractivity contribution is -0.150. The molecule has 5 heteroatoms. The summed E-state index contributed by atoms with van der Waals surface area (Å²) in [6.07, 6.45) is 19.7. The molecule has 0 radical (unpaired) electrons. The number of nitrogens with two attached hydrogens (primary N) is 1. The van der Waals surface area contributed by atoms with Crippen molar-refractivity contribution in [1.82, 2.24) is 4.90 Å². The molecule has 0 fully saturated rings. The molecule has 1 unspecified atom stereocenters. The summed E-state index contributed by atoms with van der Waals surface area (Å²) in [5.74, 6) is -0.341. The molecule has 1 atom stereocenters. The number of esters is 1. The zero-order valence-electron chi connectivity index (χ0n) is 20.1. The number of carbonyl (C=O) groups excluding carboxylic acids is 1. The predicted octanol–water partition coefficient (Wildman–Crippen LogP) is 7.02. The average Bonchev–Trinajstić information content (AvgIpc) is 2.65. The van der Waals surface area contributed by atoms with E-state index in [4.69, 9.17) is 10.5 Å². The first kappa shape index (κ1) is 33.3. The van der Waals surface area contributed by atoms with Crippen LogP contribution in [0.1, 0.15) is 111 Å². The van der Waals surface area contributed by atoms with Crippen LogP contribution in [0.4, 0.5) is 0 Å². The maximum atomic E-state index is 10.9. The summed E-state index contributed by atoms with van der Waals surface area (Å²) in [6.45, 7) is 10.1. The maximum Gasteiger partial charge on any atom is 0.334 e. The van der Waals surface area contributed by atoms with Crippen LogP contribution in [0, 0.1) is 0 Å². The van der Waals surface area contributed by atoms with Crippen molar-refractivity contribution < 1.29 is 9.53 Å². The average molecular weight is 480 g/mol. The first-order valence-electron chi connectivity index (χ1n) is 11.6. The Hall–Kier alpha value is -0.390. The zero-order valence-corrected chi connectivity index (χ0v) is 21.9. The summed E-state index contributed by atoms with van der Waals surface area (Å²) in [4.78, 5) is 12.7. The summed E-state index contributed by atoms with van der Waals surface area (Å²) in [7, 11) is 3.69. The molecule has 0 aromatic rings. The summed E-state index contributed by atoms with van der Waals surface area (Å²) in [6, 6.07) is 0. The molecule has 4 nitrogen and oxygen atoms in total. The second kappa shape index (κ2) is 25.6. The van der Waals surface area contributed by atoms with Crippen molar-refractivity contribution in [3.05, 3.63) is 12.2 Å². The molecule has 0 amide bonds. The highest BCUT2D eigenvalue weighted by atomic mass is 79.9. The van der Waals surface area contributed by atoms with Crippen LogP contribution >= 0.6 is 17.0 Å². The van der Waals surface area contributed by atoms with E-state index in [1.165, 1.54) is 89.9 Å². The van der Waals surface area contributed by atoms with Crippen LogP contribution in [0.2, 0.25) is 0 Å². The Morgan fingerprint density at radius 2 is 1.21 bits per heavy atom. The van der Waals surface area contributed by atoms with Gasteiger partial charge in [-0.1, -0.05) is 97.0 Å². The topological polar surface area (TPSA) is 55.6 Å². The van der Waals surface area contributed by atoms with E-state index in [1.54, 1.807) is 18.7 Å². The number of carbonyl (C=O) groups is 1. The van der Waals surface area contributed by atoms with E-state index in [9.17, 15) is 4.79 Å². The predicted molar refractivity (Wildman–Crippen MR) is 134 cm³/mol. The number of ether oxygens (including phenoxy) is 1. The van der Waals surface area contributed by atoms with Crippen LogP contribution in [0.15, 0.2) is 12.2 Å². The Labute approximate surface area is 192 Å². The molecule has 0 aliphatic carbocycles. The van der Waals surface area contributed by atoms with Gasteiger partial charge < -0.3 is 10.5 Å². The van der Waals surface area contributed by atoms with Crippen LogP contribution in [0.5, 0.6) is 0 Å². The molecule has 0 spiro atoms. The molecule has 0 aliphatic rings. The summed E-state index contributed by atoms with van der Waals surface area (Å²) < 4.78 is 4.96. The van der Waals surface area contributed by atoms with E-state index < -0.39 is 0 Å². The normalized spacial score (nSPS) is 11.3. The number of hydrogen-bond donors (Lipinski definition) is 1. The monoisotopic (exact) mass is 478 g/mol. The summed E-state index contributed by atoms with van der Waals surface area (Å²) in [5, 5.41) is 0.